The van der Waals surface area contributed by atoms with Crippen molar-refractivity contribution < 1.29 is 9.59 Å². The first kappa shape index (κ1) is 28.0. The second-order valence-corrected chi connectivity index (χ2v) is 10.8. The molecule has 0 aliphatic heterocycles. The Bertz CT molecular complexity index is 1240. The number of hydrogen-bond donors (Lipinski definition) is 2. The number of benzene rings is 2. The minimum absolute atomic E-state index is 0.0514. The van der Waals surface area contributed by atoms with Gasteiger partial charge in [-0.15, -0.1) is 0 Å². The minimum Gasteiger partial charge on any atom is -0.315 e. The molecule has 0 saturated carbocycles. The Morgan fingerprint density at radius 1 is 0.919 bits per heavy atom. The molecular formula is C30H41N5O2. The largest absolute Gasteiger partial charge is 0.322 e. The lowest BCUT2D eigenvalue weighted by atomic mass is 9.92. The molecule has 3 amide bonds. The first-order valence-electron chi connectivity index (χ1n) is 13.1. The summed E-state index contributed by atoms with van der Waals surface area (Å²) in [5, 5.41) is 10.8. The van der Waals surface area contributed by atoms with E-state index in [2.05, 4.69) is 38.3 Å². The van der Waals surface area contributed by atoms with Gasteiger partial charge in [-0.1, -0.05) is 64.8 Å². The monoisotopic (exact) mass is 503 g/mol. The number of aryl methyl sites for hydroxylation is 3. The quantitative estimate of drug-likeness (QED) is 0.317. The van der Waals surface area contributed by atoms with E-state index < -0.39 is 0 Å². The van der Waals surface area contributed by atoms with Crippen LogP contribution in [0.25, 0.3) is 5.69 Å². The molecule has 0 saturated heterocycles. The van der Waals surface area contributed by atoms with Crippen molar-refractivity contribution in [3.63, 3.8) is 0 Å². The van der Waals surface area contributed by atoms with Crippen molar-refractivity contribution >= 4 is 23.4 Å². The third kappa shape index (κ3) is 7.44. The summed E-state index contributed by atoms with van der Waals surface area (Å²) in [7, 11) is 0. The highest BCUT2D eigenvalue weighted by molar-refractivity contribution is 5.96. The number of urea groups is 1. The summed E-state index contributed by atoms with van der Waals surface area (Å²) < 4.78 is 1.78. The normalized spacial score (nSPS) is 11.3. The van der Waals surface area contributed by atoms with Gasteiger partial charge in [-0.25, -0.2) is 9.48 Å². The minimum atomic E-state index is -0.280. The van der Waals surface area contributed by atoms with Crippen LogP contribution in [0.1, 0.15) is 69.3 Å². The van der Waals surface area contributed by atoms with E-state index in [0.717, 1.165) is 53.0 Å². The third-order valence-electron chi connectivity index (χ3n) is 6.50. The van der Waals surface area contributed by atoms with Crippen LogP contribution in [-0.4, -0.2) is 39.7 Å². The summed E-state index contributed by atoms with van der Waals surface area (Å²) in [5.74, 6) is 0.328. The zero-order chi connectivity index (χ0) is 27.2. The molecule has 0 atom stereocenters. The molecule has 2 N–H and O–H groups in total. The van der Waals surface area contributed by atoms with Gasteiger partial charge in [0.25, 0.3) is 0 Å². The molecule has 7 heteroatoms. The van der Waals surface area contributed by atoms with Crippen LogP contribution in [0.3, 0.4) is 0 Å². The van der Waals surface area contributed by atoms with E-state index in [1.807, 2.05) is 69.3 Å². The van der Waals surface area contributed by atoms with Crippen LogP contribution in [-0.2, 0) is 10.2 Å². The molecule has 37 heavy (non-hydrogen) atoms. The summed E-state index contributed by atoms with van der Waals surface area (Å²) in [6.07, 6.45) is 2.85. The zero-order valence-electron chi connectivity index (χ0n) is 23.3. The fourth-order valence-electron chi connectivity index (χ4n) is 4.00. The predicted octanol–water partition coefficient (Wildman–Crippen LogP) is 6.76. The van der Waals surface area contributed by atoms with Crippen molar-refractivity contribution in [2.24, 2.45) is 0 Å². The van der Waals surface area contributed by atoms with E-state index in [1.165, 1.54) is 0 Å². The third-order valence-corrected chi connectivity index (χ3v) is 6.50. The Labute approximate surface area is 221 Å². The average Bonchev–Trinajstić information content (AvgIpc) is 3.25. The Morgan fingerprint density at radius 2 is 1.65 bits per heavy atom. The second kappa shape index (κ2) is 12.1. The SMILES string of the molecule is CCCCCN(CC(=O)Nc1cc(C(C)(C)C)nn1-c1ccccc1C)C(=O)Nc1ccc(C)c(C)c1. The summed E-state index contributed by atoms with van der Waals surface area (Å²) >= 11 is 0. The van der Waals surface area contributed by atoms with Gasteiger partial charge in [0, 0.05) is 23.7 Å². The number of para-hydroxylation sites is 1. The smallest absolute Gasteiger partial charge is 0.315 e. The van der Waals surface area contributed by atoms with Crippen molar-refractivity contribution in [3.8, 4) is 5.69 Å². The standard InChI is InChI=1S/C30H41N5O2/c1-8-9-12-17-34(29(37)31-24-16-15-21(2)23(4)18-24)20-28(36)32-27-19-26(30(5,6)7)33-35(27)25-14-11-10-13-22(25)3/h10-11,13-16,18-19H,8-9,12,17,20H2,1-7H3,(H,31,37)(H,32,36). The van der Waals surface area contributed by atoms with Gasteiger partial charge in [0.2, 0.25) is 5.91 Å². The Morgan fingerprint density at radius 3 is 2.30 bits per heavy atom. The van der Waals surface area contributed by atoms with Gasteiger partial charge < -0.3 is 15.5 Å². The lowest BCUT2D eigenvalue weighted by molar-refractivity contribution is -0.116. The van der Waals surface area contributed by atoms with Crippen LogP contribution in [0.15, 0.2) is 48.5 Å². The number of nitrogens with zero attached hydrogens (tertiary/aromatic N) is 3. The van der Waals surface area contributed by atoms with Crippen LogP contribution in [0.4, 0.5) is 16.3 Å². The Balaban J connectivity index is 1.82. The lowest BCUT2D eigenvalue weighted by Gasteiger charge is -2.23. The molecule has 0 fully saturated rings. The number of nitrogens with one attached hydrogen (secondary N) is 2. The number of anilines is 2. The van der Waals surface area contributed by atoms with Gasteiger partial charge in [0.05, 0.1) is 11.4 Å². The molecule has 1 heterocycles. The fraction of sp³-hybridized carbons (Fsp3) is 0.433. The predicted molar refractivity (Wildman–Crippen MR) is 152 cm³/mol. The van der Waals surface area contributed by atoms with Gasteiger partial charge in [-0.3, -0.25) is 4.79 Å². The number of rotatable bonds is 9. The number of carbonyl (C=O) groups is 2. The topological polar surface area (TPSA) is 79.3 Å². The summed E-state index contributed by atoms with van der Waals surface area (Å²) in [6.45, 7) is 14.9. The van der Waals surface area contributed by atoms with Crippen molar-refractivity contribution in [1.29, 1.82) is 0 Å². The molecule has 1 aromatic heterocycles. The van der Waals surface area contributed by atoms with Gasteiger partial charge >= 0.3 is 6.03 Å². The maximum absolute atomic E-state index is 13.3. The summed E-state index contributed by atoms with van der Waals surface area (Å²) in [5.41, 5.74) is 5.63. The molecule has 0 aliphatic rings. The maximum atomic E-state index is 13.3. The van der Waals surface area contributed by atoms with Crippen molar-refractivity contribution in [3.05, 3.63) is 70.9 Å². The molecule has 0 bridgehead atoms. The van der Waals surface area contributed by atoms with Crippen LogP contribution in [0.2, 0.25) is 0 Å². The van der Waals surface area contributed by atoms with Crippen LogP contribution in [0.5, 0.6) is 0 Å². The molecular weight excluding hydrogens is 462 g/mol. The maximum Gasteiger partial charge on any atom is 0.322 e. The van der Waals surface area contributed by atoms with Crippen molar-refractivity contribution in [2.45, 2.75) is 73.1 Å². The van der Waals surface area contributed by atoms with Crippen molar-refractivity contribution in [1.82, 2.24) is 14.7 Å². The molecule has 0 radical (unpaired) electrons. The van der Waals surface area contributed by atoms with Crippen molar-refractivity contribution in [2.75, 3.05) is 23.7 Å². The molecule has 0 spiro atoms. The molecule has 198 valence electrons. The number of carbonyl (C=O) groups excluding carboxylic acids is 2. The molecule has 0 aliphatic carbocycles. The van der Waals surface area contributed by atoms with E-state index in [9.17, 15) is 9.59 Å². The number of aromatic nitrogens is 2. The average molecular weight is 504 g/mol. The fourth-order valence-corrected chi connectivity index (χ4v) is 4.00. The summed E-state index contributed by atoms with van der Waals surface area (Å²) in [4.78, 5) is 28.0. The Kier molecular flexibility index (Phi) is 9.14. The van der Waals surface area contributed by atoms with Gasteiger partial charge in [0.1, 0.15) is 12.4 Å². The highest BCUT2D eigenvalue weighted by atomic mass is 16.2. The van der Waals surface area contributed by atoms with E-state index in [1.54, 1.807) is 9.58 Å². The molecule has 3 rings (SSSR count). The Hall–Kier alpha value is -3.61. The van der Waals surface area contributed by atoms with Gasteiger partial charge in [-0.2, -0.15) is 5.10 Å². The first-order chi connectivity index (χ1) is 17.5. The van der Waals surface area contributed by atoms with Gasteiger partial charge in [-0.05, 0) is 62.1 Å². The van der Waals surface area contributed by atoms with E-state index in [4.69, 9.17) is 5.10 Å². The van der Waals surface area contributed by atoms with Crippen LogP contribution >= 0.6 is 0 Å². The van der Waals surface area contributed by atoms with Gasteiger partial charge in [0.15, 0.2) is 0 Å². The van der Waals surface area contributed by atoms with E-state index in [0.29, 0.717) is 12.4 Å². The molecule has 3 aromatic rings. The van der Waals surface area contributed by atoms with Crippen LogP contribution < -0.4 is 10.6 Å². The number of amides is 3. The van der Waals surface area contributed by atoms with Crippen LogP contribution in [0, 0.1) is 20.8 Å². The molecule has 0 unspecified atom stereocenters. The second-order valence-electron chi connectivity index (χ2n) is 10.8. The molecule has 2 aromatic carbocycles. The van der Waals surface area contributed by atoms with E-state index in [-0.39, 0.29) is 23.9 Å². The summed E-state index contributed by atoms with van der Waals surface area (Å²) in [6, 6.07) is 15.4. The molecule has 7 nitrogen and oxygen atoms in total. The highest BCUT2D eigenvalue weighted by Crippen LogP contribution is 2.27. The number of unbranched alkanes of at least 4 members (excludes halogenated alkanes) is 2. The highest BCUT2D eigenvalue weighted by Gasteiger charge is 2.23. The first-order valence-corrected chi connectivity index (χ1v) is 13.1. The lowest BCUT2D eigenvalue weighted by Crippen LogP contribution is -2.41. The van der Waals surface area contributed by atoms with E-state index >= 15 is 0 Å². The number of hydrogen-bond acceptors (Lipinski definition) is 3. The zero-order valence-corrected chi connectivity index (χ0v) is 23.3.